The number of halogens is 5. The molecule has 0 bridgehead atoms. The monoisotopic (exact) mass is 684 g/mol. The molecule has 0 fully saturated rings. The summed E-state index contributed by atoms with van der Waals surface area (Å²) in [4.78, 5) is 12.2. The second kappa shape index (κ2) is 10.2. The first-order valence-corrected chi connectivity index (χ1v) is 9.22. The first kappa shape index (κ1) is 24.4. The van der Waals surface area contributed by atoms with Crippen LogP contribution in [0.4, 0.5) is 8.78 Å². The Morgan fingerprint density at radius 3 is 2.56 bits per heavy atom. The molecule has 0 aliphatic carbocycles. The number of ether oxygens (including phenoxy) is 1. The van der Waals surface area contributed by atoms with Gasteiger partial charge in [0.2, 0.25) is 5.88 Å². The molecule has 1 aromatic carbocycles. The van der Waals surface area contributed by atoms with E-state index in [1.54, 1.807) is 0 Å². The SMILES string of the molecule is COS(=O)NC(=O)c1cc(-c2nn(C)c(OC(F)F)c2Br)c(Cl)cc1Cl.[Ir]. The van der Waals surface area contributed by atoms with Crippen molar-refractivity contribution in [3.63, 3.8) is 0 Å². The molecule has 0 aliphatic rings. The molecule has 1 amide bonds. The van der Waals surface area contributed by atoms with Crippen LogP contribution in [0.15, 0.2) is 16.6 Å². The summed E-state index contributed by atoms with van der Waals surface area (Å²) in [6, 6.07) is 2.56. The van der Waals surface area contributed by atoms with Crippen molar-refractivity contribution in [2.24, 2.45) is 7.05 Å². The molecule has 0 spiro atoms. The molecule has 1 radical (unpaired) electrons. The van der Waals surface area contributed by atoms with Crippen molar-refractivity contribution >= 4 is 56.3 Å². The van der Waals surface area contributed by atoms with Crippen LogP contribution in [0.1, 0.15) is 10.4 Å². The molecule has 151 valence electrons. The third-order valence-corrected chi connectivity index (χ3v) is 5.02. The standard InChI is InChI=1S/C13H10BrCl2F2N3O4S.Ir/c1-21-12(25-13(17)18)9(14)10(19-21)5-3-6(8(16)4-7(5)15)11(22)20-26(23)24-2;/h3-4,13H,1-2H3,(H,20,22);. The quantitative estimate of drug-likeness (QED) is 0.502. The molecule has 2 aromatic rings. The Hall–Kier alpha value is -0.621. The number of carbonyl (C=O) groups is 1. The van der Waals surface area contributed by atoms with Gasteiger partial charge >= 0.3 is 6.61 Å². The van der Waals surface area contributed by atoms with Crippen molar-refractivity contribution in [1.82, 2.24) is 14.5 Å². The minimum Gasteiger partial charge on any atom is -0.416 e. The fourth-order valence-corrected chi connectivity index (χ4v) is 3.49. The molecule has 1 aromatic heterocycles. The number of nitrogens with zero attached hydrogens (tertiary/aromatic N) is 2. The average molecular weight is 685 g/mol. The van der Waals surface area contributed by atoms with Gasteiger partial charge in [0.05, 0.1) is 22.7 Å². The molecule has 27 heavy (non-hydrogen) atoms. The van der Waals surface area contributed by atoms with Gasteiger partial charge in [-0.1, -0.05) is 23.2 Å². The minimum atomic E-state index is -3.05. The molecule has 0 saturated heterocycles. The average Bonchev–Trinajstić information content (AvgIpc) is 2.82. The van der Waals surface area contributed by atoms with Crippen LogP contribution in [0, 0.1) is 0 Å². The first-order chi connectivity index (χ1) is 12.1. The van der Waals surface area contributed by atoms with E-state index >= 15 is 0 Å². The van der Waals surface area contributed by atoms with Crippen LogP contribution in [0.3, 0.4) is 0 Å². The van der Waals surface area contributed by atoms with E-state index in [2.05, 4.69) is 34.7 Å². The molecule has 14 heteroatoms. The third-order valence-electron chi connectivity index (χ3n) is 3.02. The Kier molecular flexibility index (Phi) is 9.26. The number of amides is 1. The molecule has 1 heterocycles. The van der Waals surface area contributed by atoms with E-state index < -0.39 is 23.8 Å². The number of hydrogen-bond donors (Lipinski definition) is 1. The van der Waals surface area contributed by atoms with Gasteiger partial charge in [0, 0.05) is 32.7 Å². The zero-order valence-corrected chi connectivity index (χ0v) is 19.7. The number of benzene rings is 1. The van der Waals surface area contributed by atoms with Crippen LogP contribution in [-0.2, 0) is 42.6 Å². The van der Waals surface area contributed by atoms with E-state index in [1.165, 1.54) is 19.2 Å². The van der Waals surface area contributed by atoms with Gasteiger partial charge in [-0.2, -0.15) is 13.9 Å². The van der Waals surface area contributed by atoms with Crippen molar-refractivity contribution in [2.45, 2.75) is 6.61 Å². The zero-order valence-electron chi connectivity index (χ0n) is 13.4. The number of aromatic nitrogens is 2. The van der Waals surface area contributed by atoms with Crippen LogP contribution in [0.25, 0.3) is 11.3 Å². The fraction of sp³-hybridized carbons (Fsp3) is 0.231. The molecule has 1 N–H and O–H groups in total. The summed E-state index contributed by atoms with van der Waals surface area (Å²) < 4.78 is 48.5. The van der Waals surface area contributed by atoms with Crippen LogP contribution in [0.2, 0.25) is 10.0 Å². The first-order valence-electron chi connectivity index (χ1n) is 6.59. The second-order valence-corrected chi connectivity index (χ2v) is 7.23. The minimum absolute atomic E-state index is 0. The van der Waals surface area contributed by atoms with Crippen LogP contribution >= 0.6 is 39.1 Å². The summed E-state index contributed by atoms with van der Waals surface area (Å²) >= 11 is 13.2. The Bertz CT molecular complexity index is 888. The van der Waals surface area contributed by atoms with Gasteiger partial charge in [-0.15, -0.1) is 0 Å². The Balaban J connectivity index is 0.00000364. The van der Waals surface area contributed by atoms with Gasteiger partial charge in [0.25, 0.3) is 17.2 Å². The van der Waals surface area contributed by atoms with Gasteiger partial charge in [-0.3, -0.25) is 8.98 Å². The van der Waals surface area contributed by atoms with E-state index in [4.69, 9.17) is 23.2 Å². The third kappa shape index (κ3) is 5.69. The van der Waals surface area contributed by atoms with E-state index in [0.717, 1.165) is 11.8 Å². The molecule has 7 nitrogen and oxygen atoms in total. The van der Waals surface area contributed by atoms with Gasteiger partial charge in [-0.25, -0.2) is 13.6 Å². The summed E-state index contributed by atoms with van der Waals surface area (Å²) in [6.45, 7) is -3.05. The van der Waals surface area contributed by atoms with Crippen LogP contribution in [0.5, 0.6) is 5.88 Å². The summed E-state index contributed by atoms with van der Waals surface area (Å²) in [5.41, 5.74) is 0.299. The number of aryl methyl sites for hydroxylation is 1. The van der Waals surface area contributed by atoms with Gasteiger partial charge in [-0.05, 0) is 28.1 Å². The number of alkyl halides is 2. The number of carbonyl (C=O) groups excluding carboxylic acids is 1. The fourth-order valence-electron chi connectivity index (χ4n) is 1.94. The van der Waals surface area contributed by atoms with E-state index in [9.17, 15) is 17.8 Å². The zero-order chi connectivity index (χ0) is 19.6. The van der Waals surface area contributed by atoms with Crippen molar-refractivity contribution in [3.8, 4) is 17.1 Å². The number of nitrogens with one attached hydrogen (secondary N) is 1. The van der Waals surface area contributed by atoms with E-state index in [1.807, 2.05) is 0 Å². The maximum Gasteiger partial charge on any atom is 0.388 e. The molecular formula is C13H10BrCl2F2IrN3O4S. The van der Waals surface area contributed by atoms with Crippen molar-refractivity contribution in [2.75, 3.05) is 7.11 Å². The van der Waals surface area contributed by atoms with Crippen LogP contribution < -0.4 is 9.46 Å². The molecule has 1 unspecified atom stereocenters. The van der Waals surface area contributed by atoms with Crippen LogP contribution in [-0.4, -0.2) is 33.6 Å². The molecule has 2 rings (SSSR count). The summed E-state index contributed by atoms with van der Waals surface area (Å²) in [5, 5.41) is 4.17. The predicted octanol–water partition coefficient (Wildman–Crippen LogP) is 3.71. The van der Waals surface area contributed by atoms with Gasteiger partial charge in [0.15, 0.2) is 0 Å². The number of hydrogen-bond acceptors (Lipinski definition) is 5. The van der Waals surface area contributed by atoms with E-state index in [0.29, 0.717) is 0 Å². The normalized spacial score (nSPS) is 11.9. The van der Waals surface area contributed by atoms with Crippen molar-refractivity contribution < 1.29 is 46.8 Å². The molecular weight excluding hydrogens is 675 g/mol. The maximum atomic E-state index is 12.5. The molecule has 1 atom stereocenters. The topological polar surface area (TPSA) is 82.5 Å². The number of rotatable bonds is 6. The smallest absolute Gasteiger partial charge is 0.388 e. The Labute approximate surface area is 186 Å². The largest absolute Gasteiger partial charge is 0.416 e. The van der Waals surface area contributed by atoms with Gasteiger partial charge < -0.3 is 4.74 Å². The van der Waals surface area contributed by atoms with Crippen molar-refractivity contribution in [1.29, 1.82) is 0 Å². The van der Waals surface area contributed by atoms with Gasteiger partial charge in [0.1, 0.15) is 10.2 Å². The van der Waals surface area contributed by atoms with E-state index in [-0.39, 0.29) is 57.3 Å². The maximum absolute atomic E-state index is 12.5. The second-order valence-electron chi connectivity index (χ2n) is 4.61. The Morgan fingerprint density at radius 1 is 1.37 bits per heavy atom. The summed E-state index contributed by atoms with van der Waals surface area (Å²) in [6.07, 6.45) is 0. The summed E-state index contributed by atoms with van der Waals surface area (Å²) in [5.74, 6) is -1.02. The summed E-state index contributed by atoms with van der Waals surface area (Å²) in [7, 11) is 2.53. The predicted molar refractivity (Wildman–Crippen MR) is 95.6 cm³/mol. The Morgan fingerprint density at radius 2 is 2.00 bits per heavy atom. The van der Waals surface area contributed by atoms with Crippen molar-refractivity contribution in [3.05, 3.63) is 32.2 Å². The molecule has 0 aliphatic heterocycles. The molecule has 0 saturated carbocycles.